The van der Waals surface area contributed by atoms with Gasteiger partial charge in [-0.2, -0.15) is 0 Å². The number of amides is 1. The summed E-state index contributed by atoms with van der Waals surface area (Å²) in [5.41, 5.74) is 2.02. The number of carbonyl (C=O) groups excluding carboxylic acids is 1. The SMILES string of the molecule is C=CC/C(=C\[C@@H](OC(=O)Nc1ccccc1)[C@@H]1C[C@H](C)CC[C@H]1C(C)C)CCCC1OCCO1. The summed E-state index contributed by atoms with van der Waals surface area (Å²) in [7, 11) is 0. The molecule has 1 aliphatic carbocycles. The molecule has 1 saturated heterocycles. The summed E-state index contributed by atoms with van der Waals surface area (Å²) in [6.07, 6.45) is 10.5. The number of anilines is 1. The molecule has 0 unspecified atom stereocenters. The third kappa shape index (κ3) is 8.28. The van der Waals surface area contributed by atoms with Gasteiger partial charge in [0.1, 0.15) is 6.10 Å². The zero-order valence-corrected chi connectivity index (χ0v) is 21.2. The van der Waals surface area contributed by atoms with Gasteiger partial charge in [0.2, 0.25) is 0 Å². The minimum atomic E-state index is -0.390. The van der Waals surface area contributed by atoms with Crippen LogP contribution in [0.25, 0.3) is 0 Å². The third-order valence-corrected chi connectivity index (χ3v) is 7.19. The van der Waals surface area contributed by atoms with Crippen molar-refractivity contribution in [2.45, 2.75) is 78.1 Å². The normalized spacial score (nSPS) is 24.7. The monoisotopic (exact) mass is 469 g/mol. The molecule has 2 aliphatic rings. The van der Waals surface area contributed by atoms with Gasteiger partial charge in [-0.1, -0.05) is 57.0 Å². The van der Waals surface area contributed by atoms with E-state index in [9.17, 15) is 4.79 Å². The quantitative estimate of drug-likeness (QED) is 0.344. The number of nitrogens with one attached hydrogen (secondary N) is 1. The van der Waals surface area contributed by atoms with Crippen LogP contribution >= 0.6 is 0 Å². The molecule has 5 heteroatoms. The van der Waals surface area contributed by atoms with Gasteiger partial charge in [0, 0.05) is 11.6 Å². The van der Waals surface area contributed by atoms with Crippen LogP contribution in [0.2, 0.25) is 0 Å². The fraction of sp³-hybridized carbons (Fsp3) is 0.621. The molecule has 0 radical (unpaired) electrons. The van der Waals surface area contributed by atoms with Gasteiger partial charge in [0.15, 0.2) is 6.29 Å². The number of para-hydroxylation sites is 1. The predicted octanol–water partition coefficient (Wildman–Crippen LogP) is 7.36. The lowest BCUT2D eigenvalue weighted by Crippen LogP contribution is -2.38. The lowest BCUT2D eigenvalue weighted by atomic mass is 9.67. The van der Waals surface area contributed by atoms with E-state index in [1.165, 1.54) is 18.4 Å². The first-order valence-corrected chi connectivity index (χ1v) is 13.0. The molecule has 3 rings (SSSR count). The van der Waals surface area contributed by atoms with Gasteiger partial charge >= 0.3 is 6.09 Å². The summed E-state index contributed by atoms with van der Waals surface area (Å²) < 4.78 is 17.4. The van der Waals surface area contributed by atoms with Crippen LogP contribution in [-0.2, 0) is 14.2 Å². The van der Waals surface area contributed by atoms with Crippen LogP contribution in [0.15, 0.2) is 54.6 Å². The number of benzene rings is 1. The number of carbonyl (C=O) groups is 1. The maximum absolute atomic E-state index is 12.9. The molecule has 0 bridgehead atoms. The Balaban J connectivity index is 1.77. The van der Waals surface area contributed by atoms with E-state index >= 15 is 0 Å². The lowest BCUT2D eigenvalue weighted by molar-refractivity contribution is -0.0476. The minimum Gasteiger partial charge on any atom is -0.441 e. The smallest absolute Gasteiger partial charge is 0.412 e. The van der Waals surface area contributed by atoms with Crippen LogP contribution in [0.3, 0.4) is 0 Å². The fourth-order valence-electron chi connectivity index (χ4n) is 5.43. The molecule has 1 N–H and O–H groups in total. The van der Waals surface area contributed by atoms with Gasteiger partial charge in [-0.3, -0.25) is 5.32 Å². The molecule has 1 aromatic carbocycles. The van der Waals surface area contributed by atoms with E-state index in [0.29, 0.717) is 36.9 Å². The Morgan fingerprint density at radius 2 is 1.91 bits per heavy atom. The van der Waals surface area contributed by atoms with E-state index in [1.54, 1.807) is 0 Å². The van der Waals surface area contributed by atoms with Crippen molar-refractivity contribution in [2.75, 3.05) is 18.5 Å². The first-order chi connectivity index (χ1) is 16.5. The maximum atomic E-state index is 12.9. The standard InChI is InChI=1S/C29H43NO4/c1-5-10-23(11-9-14-28-32-17-18-33-28)20-27(26-19-22(4)15-16-25(26)21(2)3)34-29(31)30-24-12-7-6-8-13-24/h5-8,12-13,20-22,25-28H,1,9-11,14-19H2,2-4H3,(H,30,31)/b23-20+/t22-,25+,26-,27-/m1/s1. The summed E-state index contributed by atoms with van der Waals surface area (Å²) >= 11 is 0. The van der Waals surface area contributed by atoms with Crippen LogP contribution in [0.5, 0.6) is 0 Å². The molecule has 5 nitrogen and oxygen atoms in total. The minimum absolute atomic E-state index is 0.0850. The summed E-state index contributed by atoms with van der Waals surface area (Å²) in [5, 5.41) is 2.91. The molecule has 1 saturated carbocycles. The highest BCUT2D eigenvalue weighted by Gasteiger charge is 2.37. The van der Waals surface area contributed by atoms with Crippen molar-refractivity contribution in [3.8, 4) is 0 Å². The summed E-state index contributed by atoms with van der Waals surface area (Å²) in [4.78, 5) is 12.9. The Labute approximate surface area is 205 Å². The van der Waals surface area contributed by atoms with Gasteiger partial charge in [0.25, 0.3) is 0 Å². The van der Waals surface area contributed by atoms with Crippen molar-refractivity contribution < 1.29 is 19.0 Å². The van der Waals surface area contributed by atoms with Crippen molar-refractivity contribution >= 4 is 11.8 Å². The van der Waals surface area contributed by atoms with E-state index < -0.39 is 0 Å². The topological polar surface area (TPSA) is 56.8 Å². The second-order valence-corrected chi connectivity index (χ2v) is 10.2. The van der Waals surface area contributed by atoms with Crippen LogP contribution in [-0.4, -0.2) is 31.7 Å². The highest BCUT2D eigenvalue weighted by Crippen LogP contribution is 2.41. The number of rotatable bonds is 11. The first kappa shape index (κ1) is 26.5. The number of hydrogen-bond donors (Lipinski definition) is 1. The van der Waals surface area contributed by atoms with Crippen molar-refractivity contribution in [1.29, 1.82) is 0 Å². The van der Waals surface area contributed by atoms with Gasteiger partial charge in [-0.15, -0.1) is 6.58 Å². The fourth-order valence-corrected chi connectivity index (χ4v) is 5.43. The molecule has 188 valence electrons. The van der Waals surface area contributed by atoms with E-state index in [4.69, 9.17) is 14.2 Å². The van der Waals surface area contributed by atoms with E-state index in [-0.39, 0.29) is 18.5 Å². The summed E-state index contributed by atoms with van der Waals surface area (Å²) in [5.74, 6) is 2.03. The summed E-state index contributed by atoms with van der Waals surface area (Å²) in [6, 6.07) is 9.50. The highest BCUT2D eigenvalue weighted by molar-refractivity contribution is 5.84. The highest BCUT2D eigenvalue weighted by atomic mass is 16.7. The molecule has 34 heavy (non-hydrogen) atoms. The molecule has 1 aromatic rings. The van der Waals surface area contributed by atoms with Crippen LogP contribution in [0.1, 0.15) is 65.7 Å². The predicted molar refractivity (Wildman–Crippen MR) is 138 cm³/mol. The van der Waals surface area contributed by atoms with Gasteiger partial charge in [-0.05, 0) is 74.5 Å². The van der Waals surface area contributed by atoms with Gasteiger partial charge < -0.3 is 14.2 Å². The zero-order valence-electron chi connectivity index (χ0n) is 21.2. The Bertz CT molecular complexity index is 785. The Hall–Kier alpha value is -2.11. The average Bonchev–Trinajstić information content (AvgIpc) is 3.32. The third-order valence-electron chi connectivity index (χ3n) is 7.19. The second-order valence-electron chi connectivity index (χ2n) is 10.2. The number of ether oxygens (including phenoxy) is 3. The number of allylic oxidation sites excluding steroid dienone is 2. The molecule has 0 aromatic heterocycles. The Morgan fingerprint density at radius 3 is 2.59 bits per heavy atom. The molecule has 1 aliphatic heterocycles. The van der Waals surface area contributed by atoms with E-state index in [1.807, 2.05) is 36.4 Å². The first-order valence-electron chi connectivity index (χ1n) is 13.0. The second kappa shape index (κ2) is 13.7. The van der Waals surface area contributed by atoms with Crippen LogP contribution < -0.4 is 5.32 Å². The molecular weight excluding hydrogens is 426 g/mol. The zero-order chi connectivity index (χ0) is 24.3. The van der Waals surface area contributed by atoms with Crippen molar-refractivity contribution in [3.05, 3.63) is 54.6 Å². The van der Waals surface area contributed by atoms with Gasteiger partial charge in [-0.25, -0.2) is 4.79 Å². The Kier molecular flexibility index (Phi) is 10.7. The number of hydrogen-bond acceptors (Lipinski definition) is 4. The average molecular weight is 470 g/mol. The molecular formula is C29H43NO4. The molecule has 1 heterocycles. The lowest BCUT2D eigenvalue weighted by Gasteiger charge is -2.40. The molecule has 0 spiro atoms. The van der Waals surface area contributed by atoms with Gasteiger partial charge in [0.05, 0.1) is 13.2 Å². The van der Waals surface area contributed by atoms with Crippen molar-refractivity contribution in [1.82, 2.24) is 0 Å². The van der Waals surface area contributed by atoms with E-state index in [0.717, 1.165) is 37.8 Å². The van der Waals surface area contributed by atoms with Crippen molar-refractivity contribution in [3.63, 3.8) is 0 Å². The molecule has 1 amide bonds. The molecule has 2 fully saturated rings. The van der Waals surface area contributed by atoms with Crippen molar-refractivity contribution in [2.24, 2.45) is 23.7 Å². The van der Waals surface area contributed by atoms with Crippen LogP contribution in [0, 0.1) is 23.7 Å². The molecule has 4 atom stereocenters. The van der Waals surface area contributed by atoms with E-state index in [2.05, 4.69) is 38.7 Å². The van der Waals surface area contributed by atoms with Crippen LogP contribution in [0.4, 0.5) is 10.5 Å². The maximum Gasteiger partial charge on any atom is 0.412 e. The summed E-state index contributed by atoms with van der Waals surface area (Å²) in [6.45, 7) is 12.2. The Morgan fingerprint density at radius 1 is 1.18 bits per heavy atom. The largest absolute Gasteiger partial charge is 0.441 e.